The molecule has 0 radical (unpaired) electrons. The van der Waals surface area contributed by atoms with Crippen molar-refractivity contribution in [1.82, 2.24) is 0 Å². The van der Waals surface area contributed by atoms with Gasteiger partial charge in [-0.2, -0.15) is 0 Å². The summed E-state index contributed by atoms with van der Waals surface area (Å²) >= 11 is 0. The summed E-state index contributed by atoms with van der Waals surface area (Å²) in [6, 6.07) is 0. The number of carbonyl (C=O) groups is 3. The lowest BCUT2D eigenvalue weighted by molar-refractivity contribution is -0.167. The van der Waals surface area contributed by atoms with Gasteiger partial charge >= 0.3 is 17.9 Å². The van der Waals surface area contributed by atoms with Gasteiger partial charge in [-0.1, -0.05) is 320 Å². The molecule has 0 fully saturated rings. The minimum absolute atomic E-state index is 0.0704. The molecule has 452 valence electrons. The largest absolute Gasteiger partial charge is 0.462 e. The monoisotopic (exact) mass is 1080 g/mol. The summed E-state index contributed by atoms with van der Waals surface area (Å²) in [5, 5.41) is 0. The lowest BCUT2D eigenvalue weighted by Crippen LogP contribution is -2.30. The van der Waals surface area contributed by atoms with E-state index >= 15 is 0 Å². The Hall–Kier alpha value is -2.37. The third-order valence-electron chi connectivity index (χ3n) is 15.6. The standard InChI is InChI=1S/C71H132O6/c1-4-7-10-13-16-19-22-25-28-31-33-34-35-36-38-40-43-46-49-52-55-58-61-64-70(73)76-67-68(66-75-69(72)63-60-57-54-51-48-45-42-39-30-27-24-21-18-15-12-9-6-3)77-71(74)65-62-59-56-53-50-47-44-41-37-32-29-26-23-20-17-14-11-8-5-2/h18,21,27,30-31,33,68H,4-17,19-20,22-26,28-29,32,34-67H2,1-3H3/b21-18-,30-27-,33-31-. The van der Waals surface area contributed by atoms with Crippen LogP contribution in [0.15, 0.2) is 36.5 Å². The lowest BCUT2D eigenvalue weighted by atomic mass is 10.0. The Morgan fingerprint density at radius 2 is 0.468 bits per heavy atom. The van der Waals surface area contributed by atoms with E-state index in [4.69, 9.17) is 14.2 Å². The van der Waals surface area contributed by atoms with E-state index < -0.39 is 6.10 Å². The fraction of sp³-hybridized carbons (Fsp3) is 0.873. The van der Waals surface area contributed by atoms with Gasteiger partial charge in [-0.05, 0) is 77.0 Å². The third kappa shape index (κ3) is 64.3. The zero-order valence-electron chi connectivity index (χ0n) is 52.0. The van der Waals surface area contributed by atoms with E-state index in [-0.39, 0.29) is 31.1 Å². The summed E-state index contributed by atoms with van der Waals surface area (Å²) < 4.78 is 17.0. The van der Waals surface area contributed by atoms with Gasteiger partial charge in [0.2, 0.25) is 0 Å². The van der Waals surface area contributed by atoms with Crippen LogP contribution in [-0.4, -0.2) is 37.2 Å². The van der Waals surface area contributed by atoms with Crippen LogP contribution in [0.3, 0.4) is 0 Å². The molecule has 0 heterocycles. The summed E-state index contributed by atoms with van der Waals surface area (Å²) in [5.74, 6) is -0.850. The Bertz CT molecular complexity index is 1290. The molecule has 0 aliphatic heterocycles. The number of carbonyl (C=O) groups excluding carboxylic acids is 3. The maximum atomic E-state index is 12.9. The minimum Gasteiger partial charge on any atom is -0.462 e. The van der Waals surface area contributed by atoms with Gasteiger partial charge in [-0.15, -0.1) is 0 Å². The van der Waals surface area contributed by atoms with E-state index in [0.29, 0.717) is 19.3 Å². The maximum absolute atomic E-state index is 12.9. The van der Waals surface area contributed by atoms with Crippen LogP contribution in [0.25, 0.3) is 0 Å². The van der Waals surface area contributed by atoms with Crippen molar-refractivity contribution in [3.05, 3.63) is 36.5 Å². The predicted molar refractivity (Wildman–Crippen MR) is 335 cm³/mol. The Labute approximate surface area is 480 Å². The molecule has 1 atom stereocenters. The van der Waals surface area contributed by atoms with Gasteiger partial charge in [0, 0.05) is 19.3 Å². The SMILES string of the molecule is CCCCC/C=C\C/C=C\CCCCCCCCCC(=O)OCC(COC(=O)CCCCCCCCCCCCC/C=C\CCCCCCCCCC)OC(=O)CCCCCCCCCCCCCCCCCCCCC. The van der Waals surface area contributed by atoms with Crippen molar-refractivity contribution >= 4 is 17.9 Å². The summed E-state index contributed by atoms with van der Waals surface area (Å²) in [5.41, 5.74) is 0. The van der Waals surface area contributed by atoms with Crippen molar-refractivity contribution in [3.63, 3.8) is 0 Å². The maximum Gasteiger partial charge on any atom is 0.306 e. The van der Waals surface area contributed by atoms with Crippen LogP contribution in [0.2, 0.25) is 0 Å². The van der Waals surface area contributed by atoms with Gasteiger partial charge in [0.15, 0.2) is 6.10 Å². The molecule has 0 saturated carbocycles. The molecular formula is C71H132O6. The molecule has 6 heteroatoms. The number of esters is 3. The third-order valence-corrected chi connectivity index (χ3v) is 15.6. The number of hydrogen-bond donors (Lipinski definition) is 0. The van der Waals surface area contributed by atoms with Crippen molar-refractivity contribution in [2.24, 2.45) is 0 Å². The summed E-state index contributed by atoms with van der Waals surface area (Å²) in [6.07, 6.45) is 81.6. The van der Waals surface area contributed by atoms with Crippen molar-refractivity contribution in [3.8, 4) is 0 Å². The molecule has 0 aromatic heterocycles. The van der Waals surface area contributed by atoms with Gasteiger partial charge in [0.1, 0.15) is 13.2 Å². The van der Waals surface area contributed by atoms with Crippen LogP contribution >= 0.6 is 0 Å². The Kier molecular flexibility index (Phi) is 64.1. The van der Waals surface area contributed by atoms with Crippen molar-refractivity contribution < 1.29 is 28.6 Å². The Morgan fingerprint density at radius 1 is 0.260 bits per heavy atom. The highest BCUT2D eigenvalue weighted by atomic mass is 16.6. The number of unbranched alkanes of at least 4 members (excludes halogenated alkanes) is 47. The molecule has 0 spiro atoms. The van der Waals surface area contributed by atoms with Crippen LogP contribution in [0, 0.1) is 0 Å². The second-order valence-electron chi connectivity index (χ2n) is 23.4. The predicted octanol–water partition coefficient (Wildman–Crippen LogP) is 23.6. The molecule has 1 unspecified atom stereocenters. The van der Waals surface area contributed by atoms with Crippen LogP contribution < -0.4 is 0 Å². The molecule has 0 aromatic carbocycles. The average Bonchev–Trinajstić information content (AvgIpc) is 3.43. The molecule has 0 aliphatic carbocycles. The van der Waals surface area contributed by atoms with Crippen molar-refractivity contribution in [2.75, 3.05) is 13.2 Å². The van der Waals surface area contributed by atoms with E-state index in [2.05, 4.69) is 57.2 Å². The summed E-state index contributed by atoms with van der Waals surface area (Å²) in [4.78, 5) is 38.4. The topological polar surface area (TPSA) is 78.9 Å². The first-order valence-electron chi connectivity index (χ1n) is 34.5. The number of ether oxygens (including phenoxy) is 3. The van der Waals surface area contributed by atoms with E-state index in [1.54, 1.807) is 0 Å². The van der Waals surface area contributed by atoms with Crippen LogP contribution in [-0.2, 0) is 28.6 Å². The number of rotatable bonds is 64. The summed E-state index contributed by atoms with van der Waals surface area (Å²) in [7, 11) is 0. The average molecular weight is 1080 g/mol. The van der Waals surface area contributed by atoms with Crippen LogP contribution in [0.1, 0.15) is 380 Å². The molecule has 0 N–H and O–H groups in total. The molecule has 0 bridgehead atoms. The fourth-order valence-corrected chi connectivity index (χ4v) is 10.4. The summed E-state index contributed by atoms with van der Waals surface area (Å²) in [6.45, 7) is 6.68. The first-order chi connectivity index (χ1) is 38.0. The second-order valence-corrected chi connectivity index (χ2v) is 23.4. The highest BCUT2D eigenvalue weighted by Crippen LogP contribution is 2.18. The van der Waals surface area contributed by atoms with Crippen molar-refractivity contribution in [2.45, 2.75) is 386 Å². The van der Waals surface area contributed by atoms with Gasteiger partial charge < -0.3 is 14.2 Å². The van der Waals surface area contributed by atoms with Gasteiger partial charge in [0.25, 0.3) is 0 Å². The molecule has 0 rings (SSSR count). The Balaban J connectivity index is 4.31. The van der Waals surface area contributed by atoms with Gasteiger partial charge in [-0.3, -0.25) is 14.4 Å². The highest BCUT2D eigenvalue weighted by molar-refractivity contribution is 5.71. The van der Waals surface area contributed by atoms with E-state index in [0.717, 1.165) is 70.6 Å². The fourth-order valence-electron chi connectivity index (χ4n) is 10.4. The first-order valence-corrected chi connectivity index (χ1v) is 34.5. The highest BCUT2D eigenvalue weighted by Gasteiger charge is 2.19. The molecule has 77 heavy (non-hydrogen) atoms. The number of hydrogen-bond acceptors (Lipinski definition) is 6. The quantitative estimate of drug-likeness (QED) is 0.0261. The number of allylic oxidation sites excluding steroid dienone is 6. The second kappa shape index (κ2) is 66.1. The molecule has 0 aliphatic rings. The Morgan fingerprint density at radius 3 is 0.753 bits per heavy atom. The zero-order valence-corrected chi connectivity index (χ0v) is 52.0. The smallest absolute Gasteiger partial charge is 0.306 e. The molecular weight excluding hydrogens is 949 g/mol. The first kappa shape index (κ1) is 74.6. The molecule has 6 nitrogen and oxygen atoms in total. The zero-order chi connectivity index (χ0) is 55.7. The molecule has 0 saturated heterocycles. The lowest BCUT2D eigenvalue weighted by Gasteiger charge is -2.18. The minimum atomic E-state index is -0.774. The van der Waals surface area contributed by atoms with Crippen LogP contribution in [0.5, 0.6) is 0 Å². The van der Waals surface area contributed by atoms with E-state index in [1.165, 1.54) is 270 Å². The van der Waals surface area contributed by atoms with Gasteiger partial charge in [-0.25, -0.2) is 0 Å². The van der Waals surface area contributed by atoms with Crippen molar-refractivity contribution in [1.29, 1.82) is 0 Å². The van der Waals surface area contributed by atoms with E-state index in [1.807, 2.05) is 0 Å². The molecule has 0 amide bonds. The van der Waals surface area contributed by atoms with E-state index in [9.17, 15) is 14.4 Å². The van der Waals surface area contributed by atoms with Gasteiger partial charge in [0.05, 0.1) is 0 Å². The normalized spacial score (nSPS) is 12.2. The van der Waals surface area contributed by atoms with Crippen LogP contribution in [0.4, 0.5) is 0 Å². The molecule has 0 aromatic rings.